The van der Waals surface area contributed by atoms with Crippen LogP contribution in [0.2, 0.25) is 0 Å². The molecule has 2 aromatic rings. The quantitative estimate of drug-likeness (QED) is 0.482. The van der Waals surface area contributed by atoms with Gasteiger partial charge in [0.1, 0.15) is 0 Å². The molecule has 0 aliphatic rings. The van der Waals surface area contributed by atoms with E-state index in [1.165, 1.54) is 13.2 Å². The Bertz CT molecular complexity index is 970. The summed E-state index contributed by atoms with van der Waals surface area (Å²) in [5, 5.41) is 2.61. The van der Waals surface area contributed by atoms with E-state index in [0.29, 0.717) is 16.8 Å². The highest BCUT2D eigenvalue weighted by atomic mass is 79.9. The number of ether oxygens (including phenoxy) is 1. The first-order chi connectivity index (χ1) is 13.2. The number of sulfonamides is 1. The fourth-order valence-electron chi connectivity index (χ4n) is 2.29. The number of hydrogen-bond acceptors (Lipinski definition) is 5. The van der Waals surface area contributed by atoms with Crippen molar-refractivity contribution in [2.24, 2.45) is 0 Å². The first-order valence-corrected chi connectivity index (χ1v) is 10.8. The zero-order valence-corrected chi connectivity index (χ0v) is 17.6. The molecule has 0 heterocycles. The van der Waals surface area contributed by atoms with Crippen molar-refractivity contribution in [2.45, 2.75) is 6.04 Å². The third-order valence-electron chi connectivity index (χ3n) is 3.57. The summed E-state index contributed by atoms with van der Waals surface area (Å²) in [7, 11) is -2.10. The molecule has 1 atom stereocenters. The lowest BCUT2D eigenvalue weighted by molar-refractivity contribution is -0.144. The molecule has 0 bridgehead atoms. The predicted molar refractivity (Wildman–Crippen MR) is 111 cm³/mol. The van der Waals surface area contributed by atoms with E-state index in [9.17, 15) is 18.0 Å². The number of anilines is 1. The maximum Gasteiger partial charge on any atom is 0.333 e. The number of rotatable bonds is 7. The number of hydrogen-bond donors (Lipinski definition) is 2. The van der Waals surface area contributed by atoms with E-state index in [1.807, 2.05) is 0 Å². The van der Waals surface area contributed by atoms with Crippen LogP contribution in [0.3, 0.4) is 0 Å². The molecule has 0 aliphatic heterocycles. The predicted octanol–water partition coefficient (Wildman–Crippen LogP) is 2.86. The van der Waals surface area contributed by atoms with Crippen molar-refractivity contribution in [1.82, 2.24) is 5.32 Å². The molecule has 2 N–H and O–H groups in total. The van der Waals surface area contributed by atoms with Crippen molar-refractivity contribution in [2.75, 3.05) is 18.1 Å². The molecule has 148 valence electrons. The van der Waals surface area contributed by atoms with Gasteiger partial charge in [-0.2, -0.15) is 0 Å². The normalized spacial score (nSPS) is 12.4. The number of benzene rings is 2. The maximum absolute atomic E-state index is 12.2. The molecule has 9 heteroatoms. The van der Waals surface area contributed by atoms with Gasteiger partial charge in [0.05, 0.1) is 13.4 Å². The molecule has 2 rings (SSSR count). The van der Waals surface area contributed by atoms with E-state index < -0.39 is 27.9 Å². The van der Waals surface area contributed by atoms with Gasteiger partial charge in [-0.25, -0.2) is 13.2 Å². The smallest absolute Gasteiger partial charge is 0.333 e. The summed E-state index contributed by atoms with van der Waals surface area (Å²) >= 11 is 3.32. The molecule has 0 saturated heterocycles. The van der Waals surface area contributed by atoms with Gasteiger partial charge in [0.25, 0.3) is 0 Å². The van der Waals surface area contributed by atoms with Crippen LogP contribution >= 0.6 is 15.9 Å². The minimum atomic E-state index is -3.35. The molecular weight excluding hydrogens is 448 g/mol. The summed E-state index contributed by atoms with van der Waals surface area (Å²) in [6.07, 6.45) is 3.90. The zero-order valence-electron chi connectivity index (χ0n) is 15.2. The first kappa shape index (κ1) is 21.6. The van der Waals surface area contributed by atoms with Crippen molar-refractivity contribution >= 4 is 49.6 Å². The van der Waals surface area contributed by atoms with Crippen molar-refractivity contribution in [3.63, 3.8) is 0 Å². The highest BCUT2D eigenvalue weighted by Crippen LogP contribution is 2.18. The average molecular weight is 467 g/mol. The van der Waals surface area contributed by atoms with Crippen LogP contribution < -0.4 is 10.0 Å². The lowest BCUT2D eigenvalue weighted by Crippen LogP contribution is -2.33. The monoisotopic (exact) mass is 466 g/mol. The Hall–Kier alpha value is -2.65. The first-order valence-electron chi connectivity index (χ1n) is 8.07. The van der Waals surface area contributed by atoms with Gasteiger partial charge in [-0.3, -0.25) is 9.52 Å². The third-order valence-corrected chi connectivity index (χ3v) is 4.70. The number of methoxy groups -OCH3 is 1. The number of halogens is 1. The minimum Gasteiger partial charge on any atom is -0.467 e. The maximum atomic E-state index is 12.2. The Labute approximate surface area is 172 Å². The molecule has 0 radical (unpaired) electrons. The molecule has 0 saturated carbocycles. The van der Waals surface area contributed by atoms with Gasteiger partial charge in [0, 0.05) is 16.2 Å². The van der Waals surface area contributed by atoms with E-state index in [0.717, 1.165) is 10.7 Å². The highest BCUT2D eigenvalue weighted by molar-refractivity contribution is 9.10. The Morgan fingerprint density at radius 3 is 2.21 bits per heavy atom. The van der Waals surface area contributed by atoms with Gasteiger partial charge in [0.2, 0.25) is 15.9 Å². The second kappa shape index (κ2) is 9.52. The lowest BCUT2D eigenvalue weighted by atomic mass is 10.1. The fourth-order valence-corrected chi connectivity index (χ4v) is 3.12. The molecule has 1 unspecified atom stereocenters. The van der Waals surface area contributed by atoms with Gasteiger partial charge in [-0.05, 0) is 41.5 Å². The van der Waals surface area contributed by atoms with Gasteiger partial charge >= 0.3 is 5.97 Å². The van der Waals surface area contributed by atoms with Crippen LogP contribution in [0.15, 0.2) is 59.1 Å². The number of amides is 1. The molecule has 1 amide bonds. The van der Waals surface area contributed by atoms with Crippen LogP contribution in [0.1, 0.15) is 17.2 Å². The Kier molecular flexibility index (Phi) is 7.36. The van der Waals surface area contributed by atoms with Gasteiger partial charge in [-0.15, -0.1) is 0 Å². The average Bonchev–Trinajstić information content (AvgIpc) is 2.64. The van der Waals surface area contributed by atoms with Crippen LogP contribution in [0.4, 0.5) is 5.69 Å². The van der Waals surface area contributed by atoms with E-state index in [2.05, 4.69) is 26.0 Å². The van der Waals surface area contributed by atoms with Crippen LogP contribution in [0, 0.1) is 0 Å². The van der Waals surface area contributed by atoms with Gasteiger partial charge in [0.15, 0.2) is 6.04 Å². The number of carbonyl (C=O) groups is 2. The minimum absolute atomic E-state index is 0.421. The molecule has 0 spiro atoms. The largest absolute Gasteiger partial charge is 0.467 e. The third kappa shape index (κ3) is 6.82. The molecule has 0 aromatic heterocycles. The van der Waals surface area contributed by atoms with Gasteiger partial charge in [-0.1, -0.05) is 40.2 Å². The Morgan fingerprint density at radius 2 is 1.68 bits per heavy atom. The van der Waals surface area contributed by atoms with Crippen molar-refractivity contribution in [3.05, 3.63) is 70.2 Å². The summed E-state index contributed by atoms with van der Waals surface area (Å²) in [6.45, 7) is 0. The Morgan fingerprint density at radius 1 is 1.07 bits per heavy atom. The number of carbonyl (C=O) groups excluding carboxylic acids is 2. The number of nitrogens with one attached hydrogen (secondary N) is 2. The SMILES string of the molecule is COC(=O)C(NC(=O)/C=C/c1ccc(NS(C)(=O)=O)cc1)c1ccc(Br)cc1. The van der Waals surface area contributed by atoms with E-state index in [1.54, 1.807) is 54.6 Å². The second-order valence-corrected chi connectivity index (χ2v) is 8.51. The van der Waals surface area contributed by atoms with Crippen molar-refractivity contribution < 1.29 is 22.7 Å². The fraction of sp³-hybridized carbons (Fsp3) is 0.158. The summed E-state index contributed by atoms with van der Waals surface area (Å²) in [6, 6.07) is 12.5. The van der Waals surface area contributed by atoms with Crippen LogP contribution in [0.25, 0.3) is 6.08 Å². The molecule has 2 aromatic carbocycles. The highest BCUT2D eigenvalue weighted by Gasteiger charge is 2.22. The second-order valence-electron chi connectivity index (χ2n) is 5.85. The molecular formula is C19H19BrN2O5S. The van der Waals surface area contributed by atoms with Crippen LogP contribution in [-0.2, 0) is 24.3 Å². The summed E-state index contributed by atoms with van der Waals surface area (Å²) < 4.78 is 30.4. The lowest BCUT2D eigenvalue weighted by Gasteiger charge is -2.16. The zero-order chi connectivity index (χ0) is 20.7. The summed E-state index contributed by atoms with van der Waals surface area (Å²) in [5.41, 5.74) is 1.70. The van der Waals surface area contributed by atoms with E-state index in [4.69, 9.17) is 4.74 Å². The van der Waals surface area contributed by atoms with E-state index >= 15 is 0 Å². The number of esters is 1. The van der Waals surface area contributed by atoms with Gasteiger partial charge < -0.3 is 10.1 Å². The topological polar surface area (TPSA) is 102 Å². The van der Waals surface area contributed by atoms with Crippen molar-refractivity contribution in [3.8, 4) is 0 Å². The molecule has 28 heavy (non-hydrogen) atoms. The Balaban J connectivity index is 2.07. The van der Waals surface area contributed by atoms with Crippen LogP contribution in [-0.4, -0.2) is 33.7 Å². The summed E-state index contributed by atoms with van der Waals surface area (Å²) in [4.78, 5) is 24.3. The molecule has 0 aliphatic carbocycles. The van der Waals surface area contributed by atoms with Crippen LogP contribution in [0.5, 0.6) is 0 Å². The summed E-state index contributed by atoms with van der Waals surface area (Å²) in [5.74, 6) is -1.06. The van der Waals surface area contributed by atoms with Crippen molar-refractivity contribution in [1.29, 1.82) is 0 Å². The molecule has 7 nitrogen and oxygen atoms in total. The van der Waals surface area contributed by atoms with E-state index in [-0.39, 0.29) is 0 Å². The molecule has 0 fully saturated rings. The standard InChI is InChI=1S/C19H19BrN2O5S/c1-27-19(24)18(14-6-8-15(20)9-7-14)21-17(23)12-5-13-3-10-16(11-4-13)22-28(2,25)26/h3-12,18,22H,1-2H3,(H,21,23)/b12-5+.